The molecular weight excluding hydrogens is 186 g/mol. The van der Waals surface area contributed by atoms with E-state index in [1.807, 2.05) is 12.1 Å². The minimum Gasteiger partial charge on any atom is -0.497 e. The lowest BCUT2D eigenvalue weighted by atomic mass is 10.1. The van der Waals surface area contributed by atoms with Gasteiger partial charge in [0.25, 0.3) is 0 Å². The van der Waals surface area contributed by atoms with Crippen LogP contribution in [0.15, 0.2) is 24.3 Å². The molecule has 1 atom stereocenters. The molecule has 0 radical (unpaired) electrons. The number of hydrogen-bond donors (Lipinski definition) is 1. The predicted octanol–water partition coefficient (Wildman–Crippen LogP) is 2.63. The van der Waals surface area contributed by atoms with Gasteiger partial charge in [-0.25, -0.2) is 0 Å². The Morgan fingerprint density at radius 1 is 1.27 bits per heavy atom. The highest BCUT2D eigenvalue weighted by atomic mass is 16.5. The fourth-order valence-corrected chi connectivity index (χ4v) is 1.63. The molecule has 1 unspecified atom stereocenters. The molecule has 0 aliphatic rings. The lowest BCUT2D eigenvalue weighted by molar-refractivity contribution is 0.414. The minimum atomic E-state index is 0.595. The van der Waals surface area contributed by atoms with Crippen molar-refractivity contribution in [3.8, 4) is 5.75 Å². The number of rotatable bonds is 6. The number of hydrogen-bond acceptors (Lipinski definition) is 2. The quantitative estimate of drug-likeness (QED) is 0.774. The van der Waals surface area contributed by atoms with Crippen molar-refractivity contribution in [3.05, 3.63) is 29.8 Å². The van der Waals surface area contributed by atoms with E-state index >= 15 is 0 Å². The Hall–Kier alpha value is -1.02. The summed E-state index contributed by atoms with van der Waals surface area (Å²) in [6.45, 7) is 5.42. The first-order valence-corrected chi connectivity index (χ1v) is 5.62. The molecule has 15 heavy (non-hydrogen) atoms. The van der Waals surface area contributed by atoms with Crippen LogP contribution in [0.4, 0.5) is 0 Å². The van der Waals surface area contributed by atoms with Crippen LogP contribution in [-0.4, -0.2) is 19.7 Å². The average Bonchev–Trinajstić information content (AvgIpc) is 2.27. The van der Waals surface area contributed by atoms with E-state index < -0.39 is 0 Å². The Bertz CT molecular complexity index is 268. The van der Waals surface area contributed by atoms with Crippen LogP contribution in [0.2, 0.25) is 0 Å². The molecule has 0 fully saturated rings. The van der Waals surface area contributed by atoms with Gasteiger partial charge in [-0.2, -0.15) is 0 Å². The Morgan fingerprint density at radius 3 is 2.47 bits per heavy atom. The molecule has 2 nitrogen and oxygen atoms in total. The highest BCUT2D eigenvalue weighted by Crippen LogP contribution is 2.13. The summed E-state index contributed by atoms with van der Waals surface area (Å²) in [4.78, 5) is 0. The number of methoxy groups -OCH3 is 1. The van der Waals surface area contributed by atoms with Crippen molar-refractivity contribution in [2.75, 3.05) is 13.7 Å². The summed E-state index contributed by atoms with van der Waals surface area (Å²) in [5, 5.41) is 3.41. The molecule has 0 aliphatic carbocycles. The van der Waals surface area contributed by atoms with Gasteiger partial charge in [-0.1, -0.05) is 19.1 Å². The van der Waals surface area contributed by atoms with E-state index in [-0.39, 0.29) is 0 Å². The lowest BCUT2D eigenvalue weighted by Gasteiger charge is -2.11. The van der Waals surface area contributed by atoms with Crippen molar-refractivity contribution in [3.63, 3.8) is 0 Å². The van der Waals surface area contributed by atoms with Crippen LogP contribution in [0, 0.1) is 0 Å². The largest absolute Gasteiger partial charge is 0.497 e. The fraction of sp³-hybridized carbons (Fsp3) is 0.538. The molecule has 1 N–H and O–H groups in total. The Labute approximate surface area is 92.6 Å². The van der Waals surface area contributed by atoms with E-state index in [9.17, 15) is 0 Å². The first kappa shape index (κ1) is 12.1. The predicted molar refractivity (Wildman–Crippen MR) is 64.5 cm³/mol. The van der Waals surface area contributed by atoms with Gasteiger partial charge in [0.2, 0.25) is 0 Å². The molecule has 0 amide bonds. The second-order valence-corrected chi connectivity index (χ2v) is 3.85. The summed E-state index contributed by atoms with van der Waals surface area (Å²) < 4.78 is 5.12. The van der Waals surface area contributed by atoms with Gasteiger partial charge in [0.15, 0.2) is 0 Å². The summed E-state index contributed by atoms with van der Waals surface area (Å²) in [5.41, 5.74) is 1.38. The van der Waals surface area contributed by atoms with Crippen LogP contribution in [0.3, 0.4) is 0 Å². The van der Waals surface area contributed by atoms with Gasteiger partial charge in [0.1, 0.15) is 5.75 Å². The molecule has 0 saturated carbocycles. The first-order valence-electron chi connectivity index (χ1n) is 5.62. The third-order valence-electron chi connectivity index (χ3n) is 2.58. The summed E-state index contributed by atoms with van der Waals surface area (Å²) in [6.07, 6.45) is 2.30. The SMILES string of the molecule is CCNC(C)CCc1ccc(OC)cc1. The van der Waals surface area contributed by atoms with Gasteiger partial charge in [0, 0.05) is 6.04 Å². The fourth-order valence-electron chi connectivity index (χ4n) is 1.63. The zero-order valence-corrected chi connectivity index (χ0v) is 9.92. The van der Waals surface area contributed by atoms with Crippen molar-refractivity contribution in [1.82, 2.24) is 5.32 Å². The molecule has 0 aromatic heterocycles. The van der Waals surface area contributed by atoms with Gasteiger partial charge in [-0.3, -0.25) is 0 Å². The molecule has 2 heteroatoms. The van der Waals surface area contributed by atoms with Crippen LogP contribution >= 0.6 is 0 Å². The zero-order valence-electron chi connectivity index (χ0n) is 9.92. The number of aryl methyl sites for hydroxylation is 1. The average molecular weight is 207 g/mol. The summed E-state index contributed by atoms with van der Waals surface area (Å²) in [5.74, 6) is 0.929. The zero-order chi connectivity index (χ0) is 11.1. The molecule has 0 saturated heterocycles. The van der Waals surface area contributed by atoms with E-state index in [2.05, 4.69) is 31.3 Å². The topological polar surface area (TPSA) is 21.3 Å². The van der Waals surface area contributed by atoms with E-state index in [1.54, 1.807) is 7.11 Å². The van der Waals surface area contributed by atoms with E-state index in [0.29, 0.717) is 6.04 Å². The van der Waals surface area contributed by atoms with Crippen LogP contribution < -0.4 is 10.1 Å². The molecule has 0 aliphatic heterocycles. The molecule has 0 spiro atoms. The summed E-state index contributed by atoms with van der Waals surface area (Å²) >= 11 is 0. The molecule has 84 valence electrons. The molecule has 1 aromatic carbocycles. The van der Waals surface area contributed by atoms with Crippen LogP contribution in [0.1, 0.15) is 25.8 Å². The van der Waals surface area contributed by atoms with Crippen LogP contribution in [0.5, 0.6) is 5.75 Å². The molecule has 1 aromatic rings. The van der Waals surface area contributed by atoms with E-state index in [1.165, 1.54) is 12.0 Å². The number of benzene rings is 1. The van der Waals surface area contributed by atoms with E-state index in [0.717, 1.165) is 18.7 Å². The van der Waals surface area contributed by atoms with E-state index in [4.69, 9.17) is 4.74 Å². The van der Waals surface area contributed by atoms with Crippen molar-refractivity contribution < 1.29 is 4.74 Å². The highest BCUT2D eigenvalue weighted by Gasteiger charge is 2.00. The van der Waals surface area contributed by atoms with Gasteiger partial charge in [-0.05, 0) is 44.0 Å². The standard InChI is InChI=1S/C13H21NO/c1-4-14-11(2)5-6-12-7-9-13(15-3)10-8-12/h7-11,14H,4-6H2,1-3H3. The van der Waals surface area contributed by atoms with Gasteiger partial charge in [0.05, 0.1) is 7.11 Å². The highest BCUT2D eigenvalue weighted by molar-refractivity contribution is 5.27. The van der Waals surface area contributed by atoms with Crippen molar-refractivity contribution in [1.29, 1.82) is 0 Å². The second-order valence-electron chi connectivity index (χ2n) is 3.85. The molecule has 1 rings (SSSR count). The third-order valence-corrected chi connectivity index (χ3v) is 2.58. The number of nitrogens with one attached hydrogen (secondary N) is 1. The van der Waals surface area contributed by atoms with Crippen LogP contribution in [0.25, 0.3) is 0 Å². The maximum Gasteiger partial charge on any atom is 0.118 e. The summed E-state index contributed by atoms with van der Waals surface area (Å²) in [6, 6.07) is 8.91. The van der Waals surface area contributed by atoms with Crippen molar-refractivity contribution in [2.24, 2.45) is 0 Å². The molecule has 0 bridgehead atoms. The second kappa shape index (κ2) is 6.46. The lowest BCUT2D eigenvalue weighted by Crippen LogP contribution is -2.25. The van der Waals surface area contributed by atoms with Crippen molar-refractivity contribution >= 4 is 0 Å². The Kier molecular flexibility index (Phi) is 5.19. The third kappa shape index (κ3) is 4.34. The molecule has 0 heterocycles. The van der Waals surface area contributed by atoms with Crippen LogP contribution in [-0.2, 0) is 6.42 Å². The van der Waals surface area contributed by atoms with Gasteiger partial charge < -0.3 is 10.1 Å². The Morgan fingerprint density at radius 2 is 1.93 bits per heavy atom. The number of ether oxygens (including phenoxy) is 1. The smallest absolute Gasteiger partial charge is 0.118 e. The summed E-state index contributed by atoms with van der Waals surface area (Å²) in [7, 11) is 1.70. The van der Waals surface area contributed by atoms with Gasteiger partial charge in [-0.15, -0.1) is 0 Å². The molecular formula is C13H21NO. The monoisotopic (exact) mass is 207 g/mol. The minimum absolute atomic E-state index is 0.595. The normalized spacial score (nSPS) is 12.5. The van der Waals surface area contributed by atoms with Gasteiger partial charge >= 0.3 is 0 Å². The first-order chi connectivity index (χ1) is 7.26. The van der Waals surface area contributed by atoms with Crippen molar-refractivity contribution in [2.45, 2.75) is 32.7 Å². The maximum absolute atomic E-state index is 5.12. The maximum atomic E-state index is 5.12. The Balaban J connectivity index is 2.37.